The van der Waals surface area contributed by atoms with E-state index < -0.39 is 0 Å². The molecule has 0 spiro atoms. The van der Waals surface area contributed by atoms with Crippen LogP contribution in [0.1, 0.15) is 19.4 Å². The number of rotatable bonds is 2. The van der Waals surface area contributed by atoms with E-state index in [2.05, 4.69) is 15.5 Å². The zero-order chi connectivity index (χ0) is 9.84. The molecule has 1 amide bonds. The first-order valence-electron chi connectivity index (χ1n) is 4.20. The molecular formula is C9H13N3O. The summed E-state index contributed by atoms with van der Waals surface area (Å²) in [6.45, 7) is 5.57. The maximum atomic E-state index is 11.2. The summed E-state index contributed by atoms with van der Waals surface area (Å²) in [6, 6.07) is 1.78. The van der Waals surface area contributed by atoms with E-state index in [1.165, 1.54) is 0 Å². The zero-order valence-electron chi connectivity index (χ0n) is 8.03. The second-order valence-corrected chi connectivity index (χ2v) is 3.26. The Balaban J connectivity index is 2.69. The molecule has 0 aliphatic rings. The van der Waals surface area contributed by atoms with Gasteiger partial charge in [-0.1, -0.05) is 13.8 Å². The average molecular weight is 179 g/mol. The summed E-state index contributed by atoms with van der Waals surface area (Å²) in [5.41, 5.74) is 0.981. The number of carbonyl (C=O) groups is 1. The van der Waals surface area contributed by atoms with Crippen LogP contribution in [-0.2, 0) is 4.79 Å². The van der Waals surface area contributed by atoms with Gasteiger partial charge in [0, 0.05) is 5.92 Å². The van der Waals surface area contributed by atoms with Crippen LogP contribution in [0.15, 0.2) is 12.3 Å². The highest BCUT2D eigenvalue weighted by atomic mass is 16.1. The monoisotopic (exact) mass is 179 g/mol. The standard InChI is InChI=1S/C9H13N3O/c1-6(2)9(13)11-8-4-7(3)5-10-12-8/h4-6H,1-3H3,(H,11,12,13). The molecule has 1 rings (SSSR count). The zero-order valence-corrected chi connectivity index (χ0v) is 8.03. The molecule has 0 atom stereocenters. The quantitative estimate of drug-likeness (QED) is 0.746. The highest BCUT2D eigenvalue weighted by molar-refractivity contribution is 5.91. The molecule has 0 saturated heterocycles. The summed E-state index contributed by atoms with van der Waals surface area (Å²) < 4.78 is 0. The van der Waals surface area contributed by atoms with Crippen molar-refractivity contribution in [1.29, 1.82) is 0 Å². The van der Waals surface area contributed by atoms with Crippen LogP contribution < -0.4 is 5.32 Å². The predicted octanol–water partition coefficient (Wildman–Crippen LogP) is 1.38. The SMILES string of the molecule is Cc1cnnc(NC(=O)C(C)C)c1. The normalized spacial score (nSPS) is 10.2. The van der Waals surface area contributed by atoms with E-state index in [4.69, 9.17) is 0 Å². The third kappa shape index (κ3) is 2.82. The molecule has 13 heavy (non-hydrogen) atoms. The van der Waals surface area contributed by atoms with Gasteiger partial charge in [-0.05, 0) is 18.6 Å². The van der Waals surface area contributed by atoms with Gasteiger partial charge in [-0.15, -0.1) is 5.10 Å². The molecule has 1 aromatic rings. The van der Waals surface area contributed by atoms with Crippen molar-refractivity contribution in [1.82, 2.24) is 10.2 Å². The molecule has 1 aromatic heterocycles. The summed E-state index contributed by atoms with van der Waals surface area (Å²) in [6.07, 6.45) is 1.64. The Labute approximate surface area is 77.4 Å². The molecule has 0 saturated carbocycles. The molecule has 0 radical (unpaired) electrons. The van der Waals surface area contributed by atoms with E-state index in [1.54, 1.807) is 12.3 Å². The van der Waals surface area contributed by atoms with Crippen LogP contribution in [0.3, 0.4) is 0 Å². The van der Waals surface area contributed by atoms with Crippen molar-refractivity contribution in [3.63, 3.8) is 0 Å². The summed E-state index contributed by atoms with van der Waals surface area (Å²) in [4.78, 5) is 11.2. The Hall–Kier alpha value is -1.45. The first-order valence-corrected chi connectivity index (χ1v) is 4.20. The molecule has 0 aromatic carbocycles. The van der Waals surface area contributed by atoms with Crippen LogP contribution >= 0.6 is 0 Å². The molecule has 70 valence electrons. The van der Waals surface area contributed by atoms with Crippen molar-refractivity contribution in [3.8, 4) is 0 Å². The van der Waals surface area contributed by atoms with Gasteiger partial charge in [0.05, 0.1) is 6.20 Å². The molecule has 0 bridgehead atoms. The maximum Gasteiger partial charge on any atom is 0.228 e. The van der Waals surface area contributed by atoms with Crippen molar-refractivity contribution in [2.75, 3.05) is 5.32 Å². The lowest BCUT2D eigenvalue weighted by molar-refractivity contribution is -0.118. The van der Waals surface area contributed by atoms with Gasteiger partial charge in [0.25, 0.3) is 0 Å². The highest BCUT2D eigenvalue weighted by Gasteiger charge is 2.07. The predicted molar refractivity (Wildman–Crippen MR) is 50.2 cm³/mol. The summed E-state index contributed by atoms with van der Waals surface area (Å²) >= 11 is 0. The molecule has 4 heteroatoms. The lowest BCUT2D eigenvalue weighted by Crippen LogP contribution is -2.18. The first kappa shape index (κ1) is 9.64. The van der Waals surface area contributed by atoms with Gasteiger partial charge in [-0.2, -0.15) is 5.10 Å². The van der Waals surface area contributed by atoms with Crippen LogP contribution in [0.5, 0.6) is 0 Å². The minimum absolute atomic E-state index is 0.0395. The Bertz CT molecular complexity index is 309. The van der Waals surface area contributed by atoms with Crippen LogP contribution in [0.25, 0.3) is 0 Å². The van der Waals surface area contributed by atoms with Crippen LogP contribution in [-0.4, -0.2) is 16.1 Å². The van der Waals surface area contributed by atoms with E-state index in [-0.39, 0.29) is 11.8 Å². The molecule has 0 fully saturated rings. The van der Waals surface area contributed by atoms with Crippen molar-refractivity contribution in [3.05, 3.63) is 17.8 Å². The van der Waals surface area contributed by atoms with E-state index >= 15 is 0 Å². The fraction of sp³-hybridized carbons (Fsp3) is 0.444. The Morgan fingerprint density at radius 1 is 1.54 bits per heavy atom. The van der Waals surface area contributed by atoms with Gasteiger partial charge in [0.2, 0.25) is 5.91 Å². The third-order valence-corrected chi connectivity index (χ3v) is 1.57. The highest BCUT2D eigenvalue weighted by Crippen LogP contribution is 2.05. The summed E-state index contributed by atoms with van der Waals surface area (Å²) in [5.74, 6) is 0.431. The Morgan fingerprint density at radius 2 is 2.23 bits per heavy atom. The number of aryl methyl sites for hydroxylation is 1. The van der Waals surface area contributed by atoms with Crippen molar-refractivity contribution < 1.29 is 4.79 Å². The second kappa shape index (κ2) is 3.98. The fourth-order valence-electron chi connectivity index (χ4n) is 0.796. The van der Waals surface area contributed by atoms with Crippen molar-refractivity contribution >= 4 is 11.7 Å². The molecule has 4 nitrogen and oxygen atoms in total. The van der Waals surface area contributed by atoms with Crippen LogP contribution in [0.2, 0.25) is 0 Å². The number of hydrogen-bond acceptors (Lipinski definition) is 3. The number of nitrogens with zero attached hydrogens (tertiary/aromatic N) is 2. The maximum absolute atomic E-state index is 11.2. The minimum Gasteiger partial charge on any atom is -0.309 e. The minimum atomic E-state index is -0.0418. The molecular weight excluding hydrogens is 166 g/mol. The third-order valence-electron chi connectivity index (χ3n) is 1.57. The fourth-order valence-corrected chi connectivity index (χ4v) is 0.796. The number of carbonyl (C=O) groups excluding carboxylic acids is 1. The number of aromatic nitrogens is 2. The number of hydrogen-bond donors (Lipinski definition) is 1. The number of amides is 1. The van der Waals surface area contributed by atoms with Gasteiger partial charge >= 0.3 is 0 Å². The molecule has 1 heterocycles. The molecule has 0 unspecified atom stereocenters. The molecule has 0 aliphatic heterocycles. The molecule has 0 aliphatic carbocycles. The Morgan fingerprint density at radius 3 is 2.77 bits per heavy atom. The van der Waals surface area contributed by atoms with Gasteiger partial charge in [0.1, 0.15) is 0 Å². The van der Waals surface area contributed by atoms with E-state index in [0.29, 0.717) is 5.82 Å². The van der Waals surface area contributed by atoms with Gasteiger partial charge in [-0.3, -0.25) is 4.79 Å². The van der Waals surface area contributed by atoms with Crippen LogP contribution in [0.4, 0.5) is 5.82 Å². The van der Waals surface area contributed by atoms with Gasteiger partial charge in [-0.25, -0.2) is 0 Å². The summed E-state index contributed by atoms with van der Waals surface area (Å²) in [5, 5.41) is 10.2. The average Bonchev–Trinajstić information content (AvgIpc) is 2.04. The van der Waals surface area contributed by atoms with E-state index in [9.17, 15) is 4.79 Å². The van der Waals surface area contributed by atoms with E-state index in [1.807, 2.05) is 20.8 Å². The van der Waals surface area contributed by atoms with Gasteiger partial charge < -0.3 is 5.32 Å². The van der Waals surface area contributed by atoms with Crippen molar-refractivity contribution in [2.24, 2.45) is 5.92 Å². The smallest absolute Gasteiger partial charge is 0.228 e. The topological polar surface area (TPSA) is 54.9 Å². The van der Waals surface area contributed by atoms with Gasteiger partial charge in [0.15, 0.2) is 5.82 Å². The van der Waals surface area contributed by atoms with Crippen molar-refractivity contribution in [2.45, 2.75) is 20.8 Å². The largest absolute Gasteiger partial charge is 0.309 e. The lowest BCUT2D eigenvalue weighted by atomic mass is 10.2. The second-order valence-electron chi connectivity index (χ2n) is 3.26. The number of nitrogens with one attached hydrogen (secondary N) is 1. The number of anilines is 1. The first-order chi connectivity index (χ1) is 6.09. The van der Waals surface area contributed by atoms with Crippen LogP contribution in [0, 0.1) is 12.8 Å². The Kier molecular flexibility index (Phi) is 2.95. The molecule has 1 N–H and O–H groups in total. The van der Waals surface area contributed by atoms with E-state index in [0.717, 1.165) is 5.56 Å². The summed E-state index contributed by atoms with van der Waals surface area (Å²) in [7, 11) is 0. The lowest BCUT2D eigenvalue weighted by Gasteiger charge is -2.05.